The van der Waals surface area contributed by atoms with Crippen LogP contribution in [0.2, 0.25) is 5.15 Å². The Hall–Kier alpha value is -2.46. The summed E-state index contributed by atoms with van der Waals surface area (Å²) in [5.74, 6) is 1.54. The maximum Gasteiger partial charge on any atom is 0.181 e. The molecule has 0 saturated carbocycles. The van der Waals surface area contributed by atoms with E-state index < -0.39 is 0 Å². The lowest BCUT2D eigenvalue weighted by molar-refractivity contribution is 0.571. The molecule has 0 N–H and O–H groups in total. The summed E-state index contributed by atoms with van der Waals surface area (Å²) in [6.45, 7) is 2.02. The van der Waals surface area contributed by atoms with E-state index in [1.165, 1.54) is 24.8 Å². The minimum Gasteiger partial charge on any atom is -0.356 e. The van der Waals surface area contributed by atoms with Gasteiger partial charge in [-0.2, -0.15) is 0 Å². The number of hydrogen-bond acceptors (Lipinski definition) is 4. The summed E-state index contributed by atoms with van der Waals surface area (Å²) < 4.78 is 0. The number of aromatic nitrogens is 3. The summed E-state index contributed by atoms with van der Waals surface area (Å²) >= 11 is 6.65. The van der Waals surface area contributed by atoms with Crippen LogP contribution in [0.1, 0.15) is 30.4 Å². The average molecular weight is 365 g/mol. The van der Waals surface area contributed by atoms with Crippen molar-refractivity contribution in [1.29, 1.82) is 0 Å². The molecule has 0 atom stereocenters. The number of hydrogen-bond donors (Lipinski definition) is 0. The van der Waals surface area contributed by atoms with Crippen molar-refractivity contribution in [2.75, 3.05) is 18.0 Å². The van der Waals surface area contributed by atoms with Crippen molar-refractivity contribution in [1.82, 2.24) is 15.0 Å². The molecule has 2 aromatic heterocycles. The van der Waals surface area contributed by atoms with Crippen LogP contribution in [0.5, 0.6) is 0 Å². The molecule has 1 aromatic carbocycles. The van der Waals surface area contributed by atoms with Crippen LogP contribution in [0.4, 0.5) is 5.82 Å². The summed E-state index contributed by atoms with van der Waals surface area (Å²) in [4.78, 5) is 16.2. The average Bonchev–Trinajstić information content (AvgIpc) is 2.71. The number of halogens is 1. The summed E-state index contributed by atoms with van der Waals surface area (Å²) in [6.07, 6.45) is 6.13. The van der Waals surface area contributed by atoms with Gasteiger partial charge in [-0.1, -0.05) is 48.0 Å². The predicted octanol–water partition coefficient (Wildman–Crippen LogP) is 4.77. The molecule has 4 nitrogen and oxygen atoms in total. The summed E-state index contributed by atoms with van der Waals surface area (Å²) in [5, 5.41) is 0.519. The van der Waals surface area contributed by atoms with E-state index in [1.54, 1.807) is 6.20 Å². The molecule has 1 aliphatic rings. The number of piperidine rings is 1. The van der Waals surface area contributed by atoms with Gasteiger partial charge in [0.15, 0.2) is 5.82 Å². The second kappa shape index (κ2) is 7.83. The number of pyridine rings is 1. The molecule has 3 aromatic rings. The molecule has 0 bridgehead atoms. The van der Waals surface area contributed by atoms with Crippen LogP contribution in [0.15, 0.2) is 54.7 Å². The molecular formula is C21H21ClN4. The molecule has 5 heteroatoms. The summed E-state index contributed by atoms with van der Waals surface area (Å²) in [5.41, 5.74) is 2.96. The Kier molecular flexibility index (Phi) is 5.12. The predicted molar refractivity (Wildman–Crippen MR) is 106 cm³/mol. The van der Waals surface area contributed by atoms with E-state index in [2.05, 4.69) is 27.0 Å². The number of nitrogens with zero attached hydrogens (tertiary/aromatic N) is 4. The number of benzene rings is 1. The van der Waals surface area contributed by atoms with E-state index in [1.807, 2.05) is 36.4 Å². The van der Waals surface area contributed by atoms with Gasteiger partial charge in [-0.05, 0) is 37.0 Å². The van der Waals surface area contributed by atoms with Crippen molar-refractivity contribution in [3.63, 3.8) is 0 Å². The van der Waals surface area contributed by atoms with Crippen molar-refractivity contribution >= 4 is 17.4 Å². The smallest absolute Gasteiger partial charge is 0.181 e. The lowest BCUT2D eigenvalue weighted by Gasteiger charge is -2.30. The highest BCUT2D eigenvalue weighted by Crippen LogP contribution is 2.31. The summed E-state index contributed by atoms with van der Waals surface area (Å²) in [7, 11) is 0. The van der Waals surface area contributed by atoms with Gasteiger partial charge in [-0.3, -0.25) is 4.98 Å². The van der Waals surface area contributed by atoms with E-state index in [0.717, 1.165) is 36.6 Å². The zero-order valence-electron chi connectivity index (χ0n) is 14.6. The Balaban J connectivity index is 1.78. The number of rotatable bonds is 4. The third-order valence-electron chi connectivity index (χ3n) is 4.71. The fourth-order valence-electron chi connectivity index (χ4n) is 3.37. The zero-order chi connectivity index (χ0) is 17.8. The van der Waals surface area contributed by atoms with Crippen LogP contribution >= 0.6 is 11.6 Å². The van der Waals surface area contributed by atoms with Gasteiger partial charge in [0.25, 0.3) is 0 Å². The van der Waals surface area contributed by atoms with Crippen molar-refractivity contribution in [2.45, 2.75) is 25.7 Å². The molecule has 26 heavy (non-hydrogen) atoms. The molecule has 0 amide bonds. The Labute approximate surface area is 158 Å². The normalized spacial score (nSPS) is 14.4. The SMILES string of the molecule is Clc1nc(-c2ccccn2)nc(N2CCCCC2)c1Cc1ccccc1. The Morgan fingerprint density at radius 1 is 0.885 bits per heavy atom. The van der Waals surface area contributed by atoms with Gasteiger partial charge in [0, 0.05) is 31.3 Å². The lowest BCUT2D eigenvalue weighted by atomic mass is 10.0. The fraction of sp³-hybridized carbons (Fsp3) is 0.286. The number of anilines is 1. The highest BCUT2D eigenvalue weighted by Gasteiger charge is 2.21. The molecule has 1 aliphatic heterocycles. The van der Waals surface area contributed by atoms with E-state index >= 15 is 0 Å². The van der Waals surface area contributed by atoms with Crippen LogP contribution in [0, 0.1) is 0 Å². The Morgan fingerprint density at radius 2 is 1.65 bits per heavy atom. The molecule has 0 radical (unpaired) electrons. The quantitative estimate of drug-likeness (QED) is 0.625. The highest BCUT2D eigenvalue weighted by atomic mass is 35.5. The van der Waals surface area contributed by atoms with E-state index in [-0.39, 0.29) is 0 Å². The van der Waals surface area contributed by atoms with Gasteiger partial charge in [0.1, 0.15) is 16.7 Å². The van der Waals surface area contributed by atoms with Crippen molar-refractivity contribution < 1.29 is 0 Å². The topological polar surface area (TPSA) is 41.9 Å². The molecule has 3 heterocycles. The first-order valence-corrected chi connectivity index (χ1v) is 9.46. The van der Waals surface area contributed by atoms with Crippen LogP contribution in [0.3, 0.4) is 0 Å². The monoisotopic (exact) mass is 364 g/mol. The molecule has 4 rings (SSSR count). The first kappa shape index (κ1) is 17.0. The van der Waals surface area contributed by atoms with Gasteiger partial charge in [-0.25, -0.2) is 9.97 Å². The standard InChI is InChI=1S/C21H21ClN4/c22-19-17(15-16-9-3-1-4-10-16)21(26-13-7-2-8-14-26)25-20(24-19)18-11-5-6-12-23-18/h1,3-6,9-12H,2,7-8,13-15H2. The van der Waals surface area contributed by atoms with Crippen molar-refractivity contribution in [3.8, 4) is 11.5 Å². The third kappa shape index (κ3) is 3.70. The molecule has 0 spiro atoms. The third-order valence-corrected chi connectivity index (χ3v) is 5.02. The van der Waals surface area contributed by atoms with Crippen molar-refractivity contribution in [3.05, 3.63) is 71.0 Å². The Bertz CT molecular complexity index is 862. The van der Waals surface area contributed by atoms with E-state index in [4.69, 9.17) is 16.6 Å². The first-order valence-electron chi connectivity index (χ1n) is 9.08. The largest absolute Gasteiger partial charge is 0.356 e. The van der Waals surface area contributed by atoms with Gasteiger partial charge < -0.3 is 4.90 Å². The van der Waals surface area contributed by atoms with Crippen molar-refractivity contribution in [2.24, 2.45) is 0 Å². The molecular weight excluding hydrogens is 344 g/mol. The van der Waals surface area contributed by atoms with Gasteiger partial charge in [0.05, 0.1) is 0 Å². The minimum atomic E-state index is 0.519. The van der Waals surface area contributed by atoms with Crippen LogP contribution in [-0.4, -0.2) is 28.0 Å². The molecule has 0 aliphatic carbocycles. The van der Waals surface area contributed by atoms with Crippen LogP contribution in [-0.2, 0) is 6.42 Å². The maximum atomic E-state index is 6.65. The van der Waals surface area contributed by atoms with Gasteiger partial charge in [0.2, 0.25) is 0 Å². The van der Waals surface area contributed by atoms with E-state index in [9.17, 15) is 0 Å². The molecule has 0 unspecified atom stereocenters. The maximum absolute atomic E-state index is 6.65. The fourth-order valence-corrected chi connectivity index (χ4v) is 3.61. The molecule has 132 valence electrons. The minimum absolute atomic E-state index is 0.519. The van der Waals surface area contributed by atoms with Gasteiger partial charge in [-0.15, -0.1) is 0 Å². The second-order valence-corrected chi connectivity index (χ2v) is 6.92. The lowest BCUT2D eigenvalue weighted by Crippen LogP contribution is -2.31. The van der Waals surface area contributed by atoms with E-state index in [0.29, 0.717) is 11.0 Å². The second-order valence-electron chi connectivity index (χ2n) is 6.57. The summed E-state index contributed by atoms with van der Waals surface area (Å²) in [6, 6.07) is 16.1. The highest BCUT2D eigenvalue weighted by molar-refractivity contribution is 6.30. The molecule has 1 saturated heterocycles. The van der Waals surface area contributed by atoms with Crippen LogP contribution in [0.25, 0.3) is 11.5 Å². The molecule has 1 fully saturated rings. The zero-order valence-corrected chi connectivity index (χ0v) is 15.4. The van der Waals surface area contributed by atoms with Gasteiger partial charge >= 0.3 is 0 Å². The first-order chi connectivity index (χ1) is 12.8. The van der Waals surface area contributed by atoms with Crippen LogP contribution < -0.4 is 4.90 Å². The Morgan fingerprint density at radius 3 is 2.38 bits per heavy atom.